The zero-order valence-corrected chi connectivity index (χ0v) is 13.0. The molecule has 4 heteroatoms. The van der Waals surface area contributed by atoms with Crippen LogP contribution < -0.4 is 10.2 Å². The molecule has 1 aliphatic heterocycles. The molecule has 2 rings (SSSR count). The Hall–Kier alpha value is -1.24. The van der Waals surface area contributed by atoms with Crippen molar-refractivity contribution in [3.63, 3.8) is 0 Å². The Morgan fingerprint density at radius 3 is 2.85 bits per heavy atom. The van der Waals surface area contributed by atoms with Crippen molar-refractivity contribution in [2.45, 2.75) is 45.2 Å². The van der Waals surface area contributed by atoms with Crippen molar-refractivity contribution in [1.29, 1.82) is 5.26 Å². The van der Waals surface area contributed by atoms with E-state index in [1.807, 2.05) is 6.07 Å². The number of nitrogens with zero attached hydrogens (tertiary/aromatic N) is 2. The van der Waals surface area contributed by atoms with Gasteiger partial charge in [-0.2, -0.15) is 5.26 Å². The standard InChI is InChI=1S/C16H22ClN3/c1-12(2)20(11-15-5-3-4-8-19-15)16-9-14(17)7-6-13(16)10-18/h6-7,9,12,15,19H,3-5,8,11H2,1-2H3. The van der Waals surface area contributed by atoms with Crippen molar-refractivity contribution in [2.75, 3.05) is 18.0 Å². The quantitative estimate of drug-likeness (QED) is 0.922. The average Bonchev–Trinajstić information content (AvgIpc) is 2.45. The highest BCUT2D eigenvalue weighted by molar-refractivity contribution is 6.30. The van der Waals surface area contributed by atoms with E-state index < -0.39 is 0 Å². The largest absolute Gasteiger partial charge is 0.366 e. The number of benzene rings is 1. The molecule has 1 unspecified atom stereocenters. The van der Waals surface area contributed by atoms with Crippen molar-refractivity contribution >= 4 is 17.3 Å². The number of halogens is 1. The second-order valence-electron chi connectivity index (χ2n) is 5.67. The van der Waals surface area contributed by atoms with Crippen LogP contribution >= 0.6 is 11.6 Å². The van der Waals surface area contributed by atoms with Crippen LogP contribution in [0.1, 0.15) is 38.7 Å². The van der Waals surface area contributed by atoms with Crippen LogP contribution in [0.3, 0.4) is 0 Å². The summed E-state index contributed by atoms with van der Waals surface area (Å²) in [6, 6.07) is 8.60. The molecule has 1 atom stereocenters. The molecule has 0 aromatic heterocycles. The first-order valence-electron chi connectivity index (χ1n) is 7.31. The molecule has 0 amide bonds. The molecule has 3 nitrogen and oxygen atoms in total. The molecule has 0 radical (unpaired) electrons. The Morgan fingerprint density at radius 2 is 2.25 bits per heavy atom. The van der Waals surface area contributed by atoms with Crippen molar-refractivity contribution in [3.8, 4) is 6.07 Å². The molecule has 0 spiro atoms. The third kappa shape index (κ3) is 3.65. The van der Waals surface area contributed by atoms with Gasteiger partial charge in [-0.1, -0.05) is 18.0 Å². The van der Waals surface area contributed by atoms with Gasteiger partial charge in [0, 0.05) is 23.7 Å². The molecule has 108 valence electrons. The van der Waals surface area contributed by atoms with Crippen LogP contribution in [0.2, 0.25) is 5.02 Å². The molecular formula is C16H22ClN3. The number of piperidine rings is 1. The highest BCUT2D eigenvalue weighted by atomic mass is 35.5. The van der Waals surface area contributed by atoms with E-state index in [1.54, 1.807) is 12.1 Å². The van der Waals surface area contributed by atoms with Crippen LogP contribution in [-0.4, -0.2) is 25.2 Å². The lowest BCUT2D eigenvalue weighted by Crippen LogP contribution is -2.46. The van der Waals surface area contributed by atoms with Gasteiger partial charge in [0.15, 0.2) is 0 Å². The molecule has 0 aliphatic carbocycles. The van der Waals surface area contributed by atoms with E-state index in [0.717, 1.165) is 18.8 Å². The topological polar surface area (TPSA) is 39.1 Å². The maximum Gasteiger partial charge on any atom is 0.101 e. The predicted octanol–water partition coefficient (Wildman–Crippen LogP) is 3.57. The first kappa shape index (κ1) is 15.2. The maximum absolute atomic E-state index is 9.31. The van der Waals surface area contributed by atoms with Crippen LogP contribution in [0.25, 0.3) is 0 Å². The van der Waals surface area contributed by atoms with E-state index in [0.29, 0.717) is 22.7 Å². The summed E-state index contributed by atoms with van der Waals surface area (Å²) < 4.78 is 0. The van der Waals surface area contributed by atoms with E-state index in [-0.39, 0.29) is 0 Å². The third-order valence-corrected chi connectivity index (χ3v) is 4.08. The molecule has 1 aromatic carbocycles. The van der Waals surface area contributed by atoms with E-state index in [2.05, 4.69) is 30.1 Å². The van der Waals surface area contributed by atoms with Gasteiger partial charge in [-0.25, -0.2) is 0 Å². The minimum Gasteiger partial charge on any atom is -0.366 e. The molecule has 1 fully saturated rings. The first-order chi connectivity index (χ1) is 9.61. The van der Waals surface area contributed by atoms with Crippen LogP contribution in [0.4, 0.5) is 5.69 Å². The first-order valence-corrected chi connectivity index (χ1v) is 7.69. The van der Waals surface area contributed by atoms with Gasteiger partial charge in [-0.05, 0) is 51.4 Å². The minimum atomic E-state index is 0.337. The highest BCUT2D eigenvalue weighted by Crippen LogP contribution is 2.27. The fourth-order valence-electron chi connectivity index (χ4n) is 2.74. The zero-order chi connectivity index (χ0) is 14.5. The summed E-state index contributed by atoms with van der Waals surface area (Å²) in [4.78, 5) is 2.29. The van der Waals surface area contributed by atoms with Crippen LogP contribution in [0, 0.1) is 11.3 Å². The summed E-state index contributed by atoms with van der Waals surface area (Å²) in [5.41, 5.74) is 1.64. The third-order valence-electron chi connectivity index (χ3n) is 3.84. The normalized spacial score (nSPS) is 18.9. The summed E-state index contributed by atoms with van der Waals surface area (Å²) in [6.45, 7) is 6.33. The second kappa shape index (κ2) is 6.97. The molecule has 20 heavy (non-hydrogen) atoms. The lowest BCUT2D eigenvalue weighted by Gasteiger charge is -2.35. The molecule has 1 saturated heterocycles. The van der Waals surface area contributed by atoms with E-state index in [9.17, 15) is 5.26 Å². The van der Waals surface area contributed by atoms with Crippen LogP contribution in [0.5, 0.6) is 0 Å². The predicted molar refractivity (Wildman–Crippen MR) is 84.3 cm³/mol. The lowest BCUT2D eigenvalue weighted by atomic mass is 10.0. The number of hydrogen-bond donors (Lipinski definition) is 1. The van der Waals surface area contributed by atoms with Gasteiger partial charge in [-0.15, -0.1) is 0 Å². The monoisotopic (exact) mass is 291 g/mol. The number of nitriles is 1. The van der Waals surface area contributed by atoms with E-state index in [1.165, 1.54) is 19.3 Å². The Kier molecular flexibility index (Phi) is 5.28. The minimum absolute atomic E-state index is 0.337. The summed E-state index contributed by atoms with van der Waals surface area (Å²) >= 11 is 6.11. The molecule has 1 aromatic rings. The van der Waals surface area contributed by atoms with Gasteiger partial charge >= 0.3 is 0 Å². The zero-order valence-electron chi connectivity index (χ0n) is 12.2. The Balaban J connectivity index is 2.24. The van der Waals surface area contributed by atoms with Crippen molar-refractivity contribution < 1.29 is 0 Å². The van der Waals surface area contributed by atoms with Crippen molar-refractivity contribution in [3.05, 3.63) is 28.8 Å². The van der Waals surface area contributed by atoms with Gasteiger partial charge in [-0.3, -0.25) is 0 Å². The molecular weight excluding hydrogens is 270 g/mol. The Labute approximate surface area is 126 Å². The Morgan fingerprint density at radius 1 is 1.45 bits per heavy atom. The average molecular weight is 292 g/mol. The number of anilines is 1. The smallest absolute Gasteiger partial charge is 0.101 e. The molecule has 1 N–H and O–H groups in total. The number of rotatable bonds is 4. The van der Waals surface area contributed by atoms with Gasteiger partial charge in [0.2, 0.25) is 0 Å². The van der Waals surface area contributed by atoms with Gasteiger partial charge < -0.3 is 10.2 Å². The fraction of sp³-hybridized carbons (Fsp3) is 0.562. The molecule has 0 bridgehead atoms. The molecule has 0 saturated carbocycles. The number of nitrogens with one attached hydrogen (secondary N) is 1. The second-order valence-corrected chi connectivity index (χ2v) is 6.10. The summed E-state index contributed by atoms with van der Waals surface area (Å²) in [5.74, 6) is 0. The van der Waals surface area contributed by atoms with Crippen LogP contribution in [-0.2, 0) is 0 Å². The number of hydrogen-bond acceptors (Lipinski definition) is 3. The summed E-state index contributed by atoms with van der Waals surface area (Å²) in [5, 5.41) is 13.6. The van der Waals surface area contributed by atoms with Crippen molar-refractivity contribution in [1.82, 2.24) is 5.32 Å². The van der Waals surface area contributed by atoms with Crippen LogP contribution in [0.15, 0.2) is 18.2 Å². The molecule has 1 aliphatic rings. The summed E-state index contributed by atoms with van der Waals surface area (Å²) in [6.07, 6.45) is 3.74. The molecule has 1 heterocycles. The fourth-order valence-corrected chi connectivity index (χ4v) is 2.91. The van der Waals surface area contributed by atoms with Gasteiger partial charge in [0.05, 0.1) is 11.3 Å². The van der Waals surface area contributed by atoms with Crippen molar-refractivity contribution in [2.24, 2.45) is 0 Å². The lowest BCUT2D eigenvalue weighted by molar-refractivity contribution is 0.393. The summed E-state index contributed by atoms with van der Waals surface area (Å²) in [7, 11) is 0. The Bertz CT molecular complexity index is 487. The van der Waals surface area contributed by atoms with Gasteiger partial charge in [0.25, 0.3) is 0 Å². The maximum atomic E-state index is 9.31. The van der Waals surface area contributed by atoms with Gasteiger partial charge in [0.1, 0.15) is 6.07 Å². The van der Waals surface area contributed by atoms with E-state index in [4.69, 9.17) is 11.6 Å². The highest BCUT2D eigenvalue weighted by Gasteiger charge is 2.21. The SMILES string of the molecule is CC(C)N(CC1CCCCN1)c1cc(Cl)ccc1C#N. The van der Waals surface area contributed by atoms with E-state index >= 15 is 0 Å².